The molecule has 1 aromatic rings. The first-order chi connectivity index (χ1) is 8.45. The van der Waals surface area contributed by atoms with Crippen LogP contribution in [0, 0.1) is 6.92 Å². The summed E-state index contributed by atoms with van der Waals surface area (Å²) in [6.07, 6.45) is -0.988. The largest absolute Gasteiger partial charge is 0.394 e. The van der Waals surface area contributed by atoms with Crippen LogP contribution >= 0.6 is 23.2 Å². The first-order valence-electron chi connectivity index (χ1n) is 5.24. The Bertz CT molecular complexity index is 441. The Morgan fingerprint density at radius 3 is 2.72 bits per heavy atom. The molecular weight excluding hydrogens is 279 g/mol. The minimum Gasteiger partial charge on any atom is -0.394 e. The molecule has 2 amide bonds. The van der Waals surface area contributed by atoms with Crippen LogP contribution in [0.4, 0.5) is 10.5 Å². The summed E-state index contributed by atoms with van der Waals surface area (Å²) in [5.41, 5.74) is 1.10. The highest BCUT2D eigenvalue weighted by atomic mass is 35.5. The number of rotatable bonds is 4. The molecule has 5 nitrogen and oxygen atoms in total. The van der Waals surface area contributed by atoms with E-state index in [0.29, 0.717) is 21.3 Å². The lowest BCUT2D eigenvalue weighted by molar-refractivity contribution is 0.0965. The Hall–Kier alpha value is -1.01. The van der Waals surface area contributed by atoms with Crippen molar-refractivity contribution in [1.82, 2.24) is 5.32 Å². The fourth-order valence-electron chi connectivity index (χ4n) is 1.20. The number of aliphatic hydroxyl groups excluding tert-OH is 2. The number of carbonyl (C=O) groups is 1. The van der Waals surface area contributed by atoms with E-state index >= 15 is 0 Å². The van der Waals surface area contributed by atoms with Crippen LogP contribution in [-0.2, 0) is 0 Å². The van der Waals surface area contributed by atoms with Crippen LogP contribution in [-0.4, -0.2) is 35.5 Å². The van der Waals surface area contributed by atoms with Crippen LogP contribution in [0.25, 0.3) is 0 Å². The zero-order valence-electron chi connectivity index (χ0n) is 9.70. The van der Waals surface area contributed by atoms with Gasteiger partial charge in [0.15, 0.2) is 0 Å². The van der Waals surface area contributed by atoms with E-state index in [9.17, 15) is 4.79 Å². The van der Waals surface area contributed by atoms with Crippen molar-refractivity contribution in [2.45, 2.75) is 13.0 Å². The number of hydrogen-bond donors (Lipinski definition) is 4. The Balaban J connectivity index is 2.63. The van der Waals surface area contributed by atoms with Crippen molar-refractivity contribution >= 4 is 34.9 Å². The number of nitrogens with one attached hydrogen (secondary N) is 2. The second-order valence-electron chi connectivity index (χ2n) is 3.71. The second kappa shape index (κ2) is 6.80. The summed E-state index contributed by atoms with van der Waals surface area (Å²) in [6, 6.07) is 2.69. The third-order valence-electron chi connectivity index (χ3n) is 2.28. The van der Waals surface area contributed by atoms with Gasteiger partial charge in [-0.05, 0) is 24.6 Å². The van der Waals surface area contributed by atoms with Crippen LogP contribution in [0.15, 0.2) is 12.1 Å². The normalized spacial score (nSPS) is 12.1. The van der Waals surface area contributed by atoms with Gasteiger partial charge in [-0.2, -0.15) is 0 Å². The van der Waals surface area contributed by atoms with Crippen molar-refractivity contribution in [3.05, 3.63) is 27.7 Å². The Labute approximate surface area is 115 Å². The van der Waals surface area contributed by atoms with Gasteiger partial charge in [0, 0.05) is 11.6 Å². The van der Waals surface area contributed by atoms with Crippen LogP contribution in [0.5, 0.6) is 0 Å². The molecule has 4 N–H and O–H groups in total. The molecule has 0 aromatic heterocycles. The predicted molar refractivity (Wildman–Crippen MR) is 71.3 cm³/mol. The summed E-state index contributed by atoms with van der Waals surface area (Å²) in [7, 11) is 0. The van der Waals surface area contributed by atoms with E-state index in [4.69, 9.17) is 33.4 Å². The third-order valence-corrected chi connectivity index (χ3v) is 3.17. The number of halogens is 2. The zero-order valence-corrected chi connectivity index (χ0v) is 11.2. The molecule has 0 aliphatic rings. The molecule has 0 bridgehead atoms. The summed E-state index contributed by atoms with van der Waals surface area (Å²) >= 11 is 11.9. The molecule has 0 saturated heterocycles. The minimum atomic E-state index is -0.988. The molecule has 0 aliphatic heterocycles. The highest BCUT2D eigenvalue weighted by Gasteiger charge is 2.10. The average Bonchev–Trinajstić information content (AvgIpc) is 2.36. The van der Waals surface area contributed by atoms with Crippen LogP contribution in [0.2, 0.25) is 10.0 Å². The van der Waals surface area contributed by atoms with E-state index in [1.807, 2.05) is 0 Å². The predicted octanol–water partition coefficient (Wildman–Crippen LogP) is 1.78. The molecule has 0 saturated carbocycles. The van der Waals surface area contributed by atoms with Gasteiger partial charge >= 0.3 is 6.03 Å². The van der Waals surface area contributed by atoms with Crippen LogP contribution < -0.4 is 10.6 Å². The number of anilines is 1. The molecule has 18 heavy (non-hydrogen) atoms. The van der Waals surface area contributed by atoms with Gasteiger partial charge in [-0.25, -0.2) is 4.79 Å². The molecule has 1 rings (SSSR count). The highest BCUT2D eigenvalue weighted by Crippen LogP contribution is 2.30. The van der Waals surface area contributed by atoms with E-state index in [-0.39, 0.29) is 6.54 Å². The van der Waals surface area contributed by atoms with E-state index in [1.54, 1.807) is 19.1 Å². The summed E-state index contributed by atoms with van der Waals surface area (Å²) in [6.45, 7) is 1.27. The van der Waals surface area contributed by atoms with Gasteiger partial charge in [0.2, 0.25) is 0 Å². The van der Waals surface area contributed by atoms with Gasteiger partial charge in [-0.15, -0.1) is 0 Å². The topological polar surface area (TPSA) is 81.6 Å². The van der Waals surface area contributed by atoms with E-state index < -0.39 is 18.7 Å². The molecular formula is C11H14Cl2N2O3. The van der Waals surface area contributed by atoms with Crippen LogP contribution in [0.3, 0.4) is 0 Å². The second-order valence-corrected chi connectivity index (χ2v) is 4.49. The maximum Gasteiger partial charge on any atom is 0.319 e. The number of aliphatic hydroxyl groups is 2. The van der Waals surface area contributed by atoms with Gasteiger partial charge in [0.25, 0.3) is 0 Å². The molecule has 1 aromatic carbocycles. The molecule has 1 atom stereocenters. The van der Waals surface area contributed by atoms with Gasteiger partial charge in [0.1, 0.15) is 0 Å². The molecule has 0 aliphatic carbocycles. The van der Waals surface area contributed by atoms with Crippen LogP contribution in [0.1, 0.15) is 5.56 Å². The van der Waals surface area contributed by atoms with Crippen molar-refractivity contribution in [1.29, 1.82) is 0 Å². The van der Waals surface area contributed by atoms with Crippen molar-refractivity contribution in [3.8, 4) is 0 Å². The van der Waals surface area contributed by atoms with E-state index in [0.717, 1.165) is 0 Å². The number of amides is 2. The summed E-state index contributed by atoms with van der Waals surface area (Å²) in [5.74, 6) is 0. The first-order valence-corrected chi connectivity index (χ1v) is 5.99. The highest BCUT2D eigenvalue weighted by molar-refractivity contribution is 6.38. The average molecular weight is 293 g/mol. The van der Waals surface area contributed by atoms with Crippen molar-refractivity contribution in [3.63, 3.8) is 0 Å². The fraction of sp³-hybridized carbons (Fsp3) is 0.364. The molecule has 0 radical (unpaired) electrons. The molecule has 100 valence electrons. The first kappa shape index (κ1) is 15.0. The molecule has 0 fully saturated rings. The number of carbonyl (C=O) groups excluding carboxylic acids is 1. The fourth-order valence-corrected chi connectivity index (χ4v) is 1.62. The molecule has 0 heterocycles. The lowest BCUT2D eigenvalue weighted by Crippen LogP contribution is -2.36. The van der Waals surface area contributed by atoms with Crippen molar-refractivity contribution in [2.75, 3.05) is 18.5 Å². The van der Waals surface area contributed by atoms with Crippen molar-refractivity contribution < 1.29 is 15.0 Å². The lowest BCUT2D eigenvalue weighted by Gasteiger charge is -2.12. The van der Waals surface area contributed by atoms with Gasteiger partial charge in [-0.1, -0.05) is 23.2 Å². The SMILES string of the molecule is Cc1c(Cl)ccc(NC(=O)NC[C@@H](O)CO)c1Cl. The lowest BCUT2D eigenvalue weighted by atomic mass is 10.2. The molecule has 0 unspecified atom stereocenters. The molecule has 0 spiro atoms. The Morgan fingerprint density at radius 2 is 2.11 bits per heavy atom. The van der Waals surface area contributed by atoms with Gasteiger partial charge in [0.05, 0.1) is 23.4 Å². The molecule has 7 heteroatoms. The maximum absolute atomic E-state index is 11.5. The summed E-state index contributed by atoms with van der Waals surface area (Å²) in [4.78, 5) is 11.5. The van der Waals surface area contributed by atoms with Gasteiger partial charge in [-0.3, -0.25) is 0 Å². The summed E-state index contributed by atoms with van der Waals surface area (Å²) in [5, 5.41) is 23.5. The monoisotopic (exact) mass is 292 g/mol. The quantitative estimate of drug-likeness (QED) is 0.683. The number of benzene rings is 1. The smallest absolute Gasteiger partial charge is 0.319 e. The minimum absolute atomic E-state index is 0.0491. The maximum atomic E-state index is 11.5. The summed E-state index contributed by atoms with van der Waals surface area (Å²) < 4.78 is 0. The Kier molecular flexibility index (Phi) is 5.68. The van der Waals surface area contributed by atoms with E-state index in [2.05, 4.69) is 10.6 Å². The Morgan fingerprint density at radius 1 is 1.44 bits per heavy atom. The third kappa shape index (κ3) is 4.03. The van der Waals surface area contributed by atoms with Gasteiger partial charge < -0.3 is 20.8 Å². The standard InChI is InChI=1S/C11H14Cl2N2O3/c1-6-8(12)2-3-9(10(6)13)15-11(18)14-4-7(17)5-16/h2-3,7,16-17H,4-5H2,1H3,(H2,14,15,18)/t7-/m1/s1. The number of urea groups is 1. The number of hydrogen-bond acceptors (Lipinski definition) is 3. The van der Waals surface area contributed by atoms with E-state index in [1.165, 1.54) is 0 Å². The van der Waals surface area contributed by atoms with Crippen molar-refractivity contribution in [2.24, 2.45) is 0 Å². The zero-order chi connectivity index (χ0) is 13.7.